The summed E-state index contributed by atoms with van der Waals surface area (Å²) in [6.07, 6.45) is 0.569. The first-order valence-electron chi connectivity index (χ1n) is 5.58. The fraction of sp³-hybridized carbons (Fsp3) is 0.333. The minimum atomic E-state index is -0.189. The van der Waals surface area contributed by atoms with Crippen molar-refractivity contribution in [2.45, 2.75) is 19.4 Å². The van der Waals surface area contributed by atoms with Gasteiger partial charge in [-0.15, -0.1) is 0 Å². The predicted molar refractivity (Wildman–Crippen MR) is 69.2 cm³/mol. The van der Waals surface area contributed by atoms with Crippen LogP contribution in [0.2, 0.25) is 5.02 Å². The van der Waals surface area contributed by atoms with Gasteiger partial charge in [-0.05, 0) is 18.6 Å². The molecule has 0 aliphatic heterocycles. The summed E-state index contributed by atoms with van der Waals surface area (Å²) in [7, 11) is 1.61. The zero-order valence-electron chi connectivity index (χ0n) is 10.2. The van der Waals surface area contributed by atoms with Crippen molar-refractivity contribution in [3.8, 4) is 11.5 Å². The SMILES string of the molecule is CCC(OC)c1noc(-c2c(N)cccc2Cl)n1. The number of nitrogens with zero attached hydrogens (tertiary/aromatic N) is 2. The smallest absolute Gasteiger partial charge is 0.261 e. The molecule has 2 rings (SSSR count). The van der Waals surface area contributed by atoms with Crippen molar-refractivity contribution in [1.82, 2.24) is 10.1 Å². The predicted octanol–water partition coefficient (Wildman–Crippen LogP) is 3.07. The summed E-state index contributed by atoms with van der Waals surface area (Å²) in [6.45, 7) is 1.98. The summed E-state index contributed by atoms with van der Waals surface area (Å²) in [5.74, 6) is 0.804. The van der Waals surface area contributed by atoms with Crippen LogP contribution in [0.3, 0.4) is 0 Å². The Bertz CT molecular complexity index is 518. The van der Waals surface area contributed by atoms with E-state index in [0.29, 0.717) is 28.0 Å². The van der Waals surface area contributed by atoms with E-state index in [-0.39, 0.29) is 6.10 Å². The summed E-state index contributed by atoms with van der Waals surface area (Å²) < 4.78 is 10.4. The van der Waals surface area contributed by atoms with Crippen LogP contribution >= 0.6 is 11.6 Å². The zero-order valence-corrected chi connectivity index (χ0v) is 10.9. The van der Waals surface area contributed by atoms with Crippen LogP contribution in [0.1, 0.15) is 25.3 Å². The lowest BCUT2D eigenvalue weighted by Crippen LogP contribution is -2.01. The maximum Gasteiger partial charge on any atom is 0.261 e. The van der Waals surface area contributed by atoms with Crippen LogP contribution in [0.25, 0.3) is 11.5 Å². The van der Waals surface area contributed by atoms with Gasteiger partial charge in [0.15, 0.2) is 0 Å². The highest BCUT2D eigenvalue weighted by molar-refractivity contribution is 6.33. The van der Waals surface area contributed by atoms with Crippen LogP contribution in [-0.2, 0) is 4.74 Å². The minimum Gasteiger partial charge on any atom is -0.398 e. The standard InChI is InChI=1S/C12H14ClN3O2/c1-3-9(17-2)11-15-12(18-16-11)10-7(13)5-4-6-8(10)14/h4-6,9H,3,14H2,1-2H3. The van der Waals surface area contributed by atoms with Crippen LogP contribution in [0, 0.1) is 0 Å². The fourth-order valence-electron chi connectivity index (χ4n) is 1.69. The summed E-state index contributed by atoms with van der Waals surface area (Å²) in [5.41, 5.74) is 6.92. The Morgan fingerprint density at radius 3 is 2.89 bits per heavy atom. The third-order valence-corrected chi connectivity index (χ3v) is 2.96. The lowest BCUT2D eigenvalue weighted by molar-refractivity contribution is 0.0903. The number of benzene rings is 1. The third-order valence-electron chi connectivity index (χ3n) is 2.64. The summed E-state index contributed by atoms with van der Waals surface area (Å²) in [6, 6.07) is 5.23. The molecule has 1 aromatic heterocycles. The van der Waals surface area contributed by atoms with Crippen molar-refractivity contribution in [2.24, 2.45) is 0 Å². The van der Waals surface area contributed by atoms with E-state index in [1.165, 1.54) is 0 Å². The summed E-state index contributed by atoms with van der Waals surface area (Å²) in [5, 5.41) is 4.37. The largest absolute Gasteiger partial charge is 0.398 e. The topological polar surface area (TPSA) is 74.2 Å². The molecule has 0 spiro atoms. The highest BCUT2D eigenvalue weighted by atomic mass is 35.5. The molecule has 6 heteroatoms. The Kier molecular flexibility index (Phi) is 3.84. The number of halogens is 1. The number of aromatic nitrogens is 2. The maximum atomic E-state index is 6.08. The van der Waals surface area contributed by atoms with Gasteiger partial charge in [-0.25, -0.2) is 0 Å². The van der Waals surface area contributed by atoms with Gasteiger partial charge >= 0.3 is 0 Å². The van der Waals surface area contributed by atoms with Crippen LogP contribution in [0.4, 0.5) is 5.69 Å². The van der Waals surface area contributed by atoms with E-state index >= 15 is 0 Å². The van der Waals surface area contributed by atoms with Crippen LogP contribution in [-0.4, -0.2) is 17.3 Å². The molecule has 5 nitrogen and oxygen atoms in total. The second-order valence-corrected chi connectivity index (χ2v) is 4.20. The number of hydrogen-bond donors (Lipinski definition) is 1. The molecule has 1 atom stereocenters. The van der Waals surface area contributed by atoms with Crippen molar-refractivity contribution in [2.75, 3.05) is 12.8 Å². The molecule has 18 heavy (non-hydrogen) atoms. The number of methoxy groups -OCH3 is 1. The molecule has 96 valence electrons. The van der Waals surface area contributed by atoms with E-state index < -0.39 is 0 Å². The lowest BCUT2D eigenvalue weighted by Gasteiger charge is -2.06. The third kappa shape index (κ3) is 2.32. The van der Waals surface area contributed by atoms with Gasteiger partial charge in [0.2, 0.25) is 5.82 Å². The van der Waals surface area contributed by atoms with Gasteiger partial charge < -0.3 is 15.0 Å². The molecule has 0 aliphatic rings. The maximum absolute atomic E-state index is 6.08. The molecule has 1 aromatic carbocycles. The molecule has 0 bridgehead atoms. The van der Waals surface area contributed by atoms with Crippen molar-refractivity contribution < 1.29 is 9.26 Å². The Morgan fingerprint density at radius 2 is 2.28 bits per heavy atom. The van der Waals surface area contributed by atoms with Gasteiger partial charge in [-0.3, -0.25) is 0 Å². The number of nitrogens with two attached hydrogens (primary N) is 1. The molecule has 0 aliphatic carbocycles. The number of hydrogen-bond acceptors (Lipinski definition) is 5. The van der Waals surface area contributed by atoms with E-state index in [1.807, 2.05) is 6.92 Å². The van der Waals surface area contributed by atoms with Crippen LogP contribution < -0.4 is 5.73 Å². The van der Waals surface area contributed by atoms with Gasteiger partial charge in [0.25, 0.3) is 5.89 Å². The Morgan fingerprint density at radius 1 is 1.50 bits per heavy atom. The molecule has 0 fully saturated rings. The average Bonchev–Trinajstić information content (AvgIpc) is 2.80. The molecule has 0 saturated heterocycles. The monoisotopic (exact) mass is 267 g/mol. The average molecular weight is 268 g/mol. The Balaban J connectivity index is 2.41. The second kappa shape index (κ2) is 5.37. The first-order valence-corrected chi connectivity index (χ1v) is 5.96. The van der Waals surface area contributed by atoms with E-state index in [1.54, 1.807) is 25.3 Å². The zero-order chi connectivity index (χ0) is 13.1. The first-order chi connectivity index (χ1) is 8.67. The number of anilines is 1. The number of rotatable bonds is 4. The van der Waals surface area contributed by atoms with E-state index in [4.69, 9.17) is 26.6 Å². The number of ether oxygens (including phenoxy) is 1. The summed E-state index contributed by atoms with van der Waals surface area (Å²) in [4.78, 5) is 4.28. The molecule has 1 unspecified atom stereocenters. The van der Waals surface area contributed by atoms with E-state index in [0.717, 1.165) is 6.42 Å². The van der Waals surface area contributed by atoms with Gasteiger partial charge in [0, 0.05) is 12.8 Å². The summed E-state index contributed by atoms with van der Waals surface area (Å²) >= 11 is 6.08. The molecule has 2 aromatic rings. The number of nitrogen functional groups attached to an aromatic ring is 1. The van der Waals surface area contributed by atoms with Crippen molar-refractivity contribution >= 4 is 17.3 Å². The minimum absolute atomic E-state index is 0.189. The molecular weight excluding hydrogens is 254 g/mol. The molecule has 0 saturated carbocycles. The normalized spacial score (nSPS) is 12.6. The molecular formula is C12H14ClN3O2. The molecule has 2 N–H and O–H groups in total. The van der Waals surface area contributed by atoms with Crippen LogP contribution in [0.5, 0.6) is 0 Å². The van der Waals surface area contributed by atoms with Crippen molar-refractivity contribution in [3.05, 3.63) is 29.0 Å². The van der Waals surface area contributed by atoms with Gasteiger partial charge in [-0.1, -0.05) is 29.7 Å². The van der Waals surface area contributed by atoms with E-state index in [9.17, 15) is 0 Å². The fourth-order valence-corrected chi connectivity index (χ4v) is 1.95. The van der Waals surface area contributed by atoms with Gasteiger partial charge in [0.1, 0.15) is 6.10 Å². The van der Waals surface area contributed by atoms with Gasteiger partial charge in [0.05, 0.1) is 10.6 Å². The highest BCUT2D eigenvalue weighted by Gasteiger charge is 2.19. The molecule has 0 radical (unpaired) electrons. The highest BCUT2D eigenvalue weighted by Crippen LogP contribution is 2.32. The first kappa shape index (κ1) is 12.9. The molecule has 0 amide bonds. The van der Waals surface area contributed by atoms with Crippen molar-refractivity contribution in [3.63, 3.8) is 0 Å². The molecule has 1 heterocycles. The second-order valence-electron chi connectivity index (χ2n) is 3.79. The quantitative estimate of drug-likeness (QED) is 0.862. The van der Waals surface area contributed by atoms with Crippen molar-refractivity contribution in [1.29, 1.82) is 0 Å². The lowest BCUT2D eigenvalue weighted by atomic mass is 10.2. The van der Waals surface area contributed by atoms with Crippen LogP contribution in [0.15, 0.2) is 22.7 Å². The Hall–Kier alpha value is -1.59. The van der Waals surface area contributed by atoms with E-state index in [2.05, 4.69) is 10.1 Å². The Labute approximate surface area is 110 Å². The van der Waals surface area contributed by atoms with Gasteiger partial charge in [-0.2, -0.15) is 4.98 Å².